The molecule has 2 unspecified atom stereocenters. The highest BCUT2D eigenvalue weighted by Crippen LogP contribution is 2.67. The molecule has 3 saturated carbocycles. The van der Waals surface area contributed by atoms with E-state index in [1.54, 1.807) is 0 Å². The summed E-state index contributed by atoms with van der Waals surface area (Å²) in [6.45, 7) is 4.91. The fourth-order valence-electron chi connectivity index (χ4n) is 4.73. The van der Waals surface area contributed by atoms with Crippen LogP contribution in [0.15, 0.2) is 60.7 Å². The Morgan fingerprint density at radius 2 is 1.46 bits per heavy atom. The highest BCUT2D eigenvalue weighted by atomic mass is 31.2. The van der Waals surface area contributed by atoms with Crippen LogP contribution >= 0.6 is 8.38 Å². The van der Waals surface area contributed by atoms with Crippen LogP contribution in [-0.2, 0) is 0 Å². The molecule has 26 heavy (non-hydrogen) atoms. The van der Waals surface area contributed by atoms with Crippen molar-refractivity contribution < 1.29 is 14.2 Å². The van der Waals surface area contributed by atoms with Gasteiger partial charge in [-0.2, -0.15) is 0 Å². The molecule has 0 saturated heterocycles. The third-order valence-corrected chi connectivity index (χ3v) is 8.36. The number of aliphatic hydroxyl groups excluding tert-OH is 1. The van der Waals surface area contributed by atoms with E-state index in [1.807, 2.05) is 60.7 Å². The minimum atomic E-state index is -1.17. The van der Waals surface area contributed by atoms with Crippen LogP contribution in [0.4, 0.5) is 0 Å². The Morgan fingerprint density at radius 3 is 1.92 bits per heavy atom. The molecule has 0 aromatic heterocycles. The maximum Gasteiger partial charge on any atom is 0.294 e. The maximum absolute atomic E-state index is 10.2. The Kier molecular flexibility index (Phi) is 4.94. The third-order valence-electron chi connectivity index (χ3n) is 6.44. The number of aliphatic hydroxyl groups is 1. The van der Waals surface area contributed by atoms with Crippen molar-refractivity contribution in [1.82, 2.24) is 0 Å². The molecular formula is C22H27O3P. The van der Waals surface area contributed by atoms with E-state index >= 15 is 0 Å². The second-order valence-electron chi connectivity index (χ2n) is 8.10. The Balaban J connectivity index is 1.60. The molecule has 5 rings (SSSR count). The van der Waals surface area contributed by atoms with E-state index in [2.05, 4.69) is 13.8 Å². The molecule has 1 N–H and O–H groups in total. The SMILES string of the molecule is CC1(C)C2CC1[C@H](CO)[C@H](P(Oc1ccccc1)Oc1ccccc1)C2. The predicted octanol–water partition coefficient (Wildman–Crippen LogP) is 5.50. The van der Waals surface area contributed by atoms with Gasteiger partial charge in [-0.1, -0.05) is 50.2 Å². The topological polar surface area (TPSA) is 38.7 Å². The van der Waals surface area contributed by atoms with E-state index in [-0.39, 0.29) is 18.2 Å². The van der Waals surface area contributed by atoms with Gasteiger partial charge in [-0.25, -0.2) is 0 Å². The van der Waals surface area contributed by atoms with Gasteiger partial charge in [0, 0.05) is 6.61 Å². The molecule has 0 amide bonds. The minimum Gasteiger partial charge on any atom is -0.438 e. The average molecular weight is 370 g/mol. The van der Waals surface area contributed by atoms with E-state index in [0.29, 0.717) is 17.3 Å². The van der Waals surface area contributed by atoms with Gasteiger partial charge in [-0.15, -0.1) is 0 Å². The summed E-state index contributed by atoms with van der Waals surface area (Å²) in [6.07, 6.45) is 2.30. The fourth-order valence-corrected chi connectivity index (χ4v) is 6.74. The molecule has 0 aliphatic heterocycles. The van der Waals surface area contributed by atoms with E-state index in [0.717, 1.165) is 17.9 Å². The van der Waals surface area contributed by atoms with Gasteiger partial charge in [0.15, 0.2) is 0 Å². The van der Waals surface area contributed by atoms with Gasteiger partial charge in [0.2, 0.25) is 0 Å². The van der Waals surface area contributed by atoms with Crippen molar-refractivity contribution >= 4 is 8.38 Å². The first-order valence-corrected chi connectivity index (χ1v) is 10.7. The van der Waals surface area contributed by atoms with E-state index in [4.69, 9.17) is 9.05 Å². The number of rotatable bonds is 6. The Hall–Kier alpha value is -1.57. The molecule has 0 spiro atoms. The van der Waals surface area contributed by atoms with Gasteiger partial charge in [0.05, 0.1) is 5.66 Å². The molecule has 3 fully saturated rings. The molecule has 0 heterocycles. The summed E-state index contributed by atoms with van der Waals surface area (Å²) < 4.78 is 12.7. The van der Waals surface area contributed by atoms with Gasteiger partial charge in [-0.3, -0.25) is 0 Å². The second kappa shape index (κ2) is 7.21. The second-order valence-corrected chi connectivity index (χ2v) is 9.70. The molecule has 2 bridgehead atoms. The molecule has 0 radical (unpaired) electrons. The molecule has 2 aromatic rings. The van der Waals surface area contributed by atoms with Crippen LogP contribution in [-0.4, -0.2) is 17.4 Å². The minimum absolute atomic E-state index is 0.209. The third kappa shape index (κ3) is 3.23. The molecule has 2 aromatic carbocycles. The van der Waals surface area contributed by atoms with Crippen molar-refractivity contribution in [3.63, 3.8) is 0 Å². The molecule has 4 heteroatoms. The molecule has 3 aliphatic carbocycles. The lowest BCUT2D eigenvalue weighted by Gasteiger charge is -2.62. The fraction of sp³-hybridized carbons (Fsp3) is 0.455. The van der Waals surface area contributed by atoms with Crippen molar-refractivity contribution in [3.05, 3.63) is 60.7 Å². The zero-order valence-electron chi connectivity index (χ0n) is 15.4. The Labute approximate surface area is 157 Å². The first kappa shape index (κ1) is 17.8. The Morgan fingerprint density at radius 1 is 0.923 bits per heavy atom. The zero-order chi connectivity index (χ0) is 18.1. The van der Waals surface area contributed by atoms with Gasteiger partial charge in [0.1, 0.15) is 11.5 Å². The monoisotopic (exact) mass is 370 g/mol. The summed E-state index contributed by atoms with van der Waals surface area (Å²) >= 11 is 0. The van der Waals surface area contributed by atoms with Gasteiger partial charge >= 0.3 is 0 Å². The summed E-state index contributed by atoms with van der Waals surface area (Å²) in [5.74, 6) is 3.17. The van der Waals surface area contributed by atoms with Crippen LogP contribution in [0.1, 0.15) is 26.7 Å². The summed E-state index contributed by atoms with van der Waals surface area (Å²) in [5.41, 5.74) is 0.580. The molecular weight excluding hydrogens is 343 g/mol. The van der Waals surface area contributed by atoms with Crippen LogP contribution < -0.4 is 9.05 Å². The number of benzene rings is 2. The number of fused-ring (bicyclic) bond motifs is 2. The summed E-state index contributed by atoms with van der Waals surface area (Å²) in [6, 6.07) is 19.8. The molecule has 3 aliphatic rings. The Bertz CT molecular complexity index is 677. The highest BCUT2D eigenvalue weighted by molar-refractivity contribution is 7.49. The standard InChI is InChI=1S/C22H27O3P/c1-22(2)16-13-20(22)19(15-23)21(14-16)26(24-17-9-5-3-6-10-17)25-18-11-7-4-8-12-18/h3-12,16,19-21,23H,13-15H2,1-2H3/t16?,19-,20?,21+/m0/s1. The smallest absolute Gasteiger partial charge is 0.294 e. The van der Waals surface area contributed by atoms with Gasteiger partial charge in [0.25, 0.3) is 8.38 Å². The van der Waals surface area contributed by atoms with E-state index in [1.165, 1.54) is 6.42 Å². The number of hydrogen-bond acceptors (Lipinski definition) is 3. The zero-order valence-corrected chi connectivity index (χ0v) is 16.3. The van der Waals surface area contributed by atoms with Crippen molar-refractivity contribution in [3.8, 4) is 11.5 Å². The van der Waals surface area contributed by atoms with Crippen molar-refractivity contribution in [1.29, 1.82) is 0 Å². The van der Waals surface area contributed by atoms with Crippen molar-refractivity contribution in [2.45, 2.75) is 32.3 Å². The van der Waals surface area contributed by atoms with Crippen LogP contribution in [0.3, 0.4) is 0 Å². The lowest BCUT2D eigenvalue weighted by Crippen LogP contribution is -2.58. The first-order valence-electron chi connectivity index (χ1n) is 9.45. The molecule has 138 valence electrons. The van der Waals surface area contributed by atoms with Crippen LogP contribution in [0, 0.1) is 23.2 Å². The van der Waals surface area contributed by atoms with Gasteiger partial charge < -0.3 is 14.2 Å². The van der Waals surface area contributed by atoms with E-state index < -0.39 is 8.38 Å². The van der Waals surface area contributed by atoms with Gasteiger partial charge in [-0.05, 0) is 60.3 Å². The van der Waals surface area contributed by atoms with Crippen LogP contribution in [0.25, 0.3) is 0 Å². The molecule has 3 nitrogen and oxygen atoms in total. The van der Waals surface area contributed by atoms with Crippen molar-refractivity contribution in [2.75, 3.05) is 6.61 Å². The van der Waals surface area contributed by atoms with Crippen LogP contribution in [0.5, 0.6) is 11.5 Å². The first-order chi connectivity index (χ1) is 12.6. The average Bonchev–Trinajstić information content (AvgIpc) is 2.68. The summed E-state index contributed by atoms with van der Waals surface area (Å²) in [7, 11) is -1.17. The van der Waals surface area contributed by atoms with Crippen LogP contribution in [0.2, 0.25) is 0 Å². The molecule has 4 atom stereocenters. The lowest BCUT2D eigenvalue weighted by molar-refractivity contribution is -0.115. The van der Waals surface area contributed by atoms with E-state index in [9.17, 15) is 5.11 Å². The summed E-state index contributed by atoms with van der Waals surface area (Å²) in [4.78, 5) is 0. The largest absolute Gasteiger partial charge is 0.438 e. The number of para-hydroxylation sites is 2. The lowest BCUT2D eigenvalue weighted by atomic mass is 9.45. The number of hydrogen-bond donors (Lipinski definition) is 1. The summed E-state index contributed by atoms with van der Waals surface area (Å²) in [5, 5.41) is 10.2. The predicted molar refractivity (Wildman–Crippen MR) is 105 cm³/mol. The quantitative estimate of drug-likeness (QED) is 0.683. The normalized spacial score (nSPS) is 29.1. The van der Waals surface area contributed by atoms with Crippen molar-refractivity contribution in [2.24, 2.45) is 23.2 Å². The maximum atomic E-state index is 10.2. The highest BCUT2D eigenvalue weighted by Gasteiger charge is 2.60.